The Labute approximate surface area is 629 Å². The van der Waals surface area contributed by atoms with Crippen LogP contribution in [0.4, 0.5) is 0 Å². The van der Waals surface area contributed by atoms with Crippen molar-refractivity contribution in [2.45, 2.75) is 102 Å². The summed E-state index contributed by atoms with van der Waals surface area (Å²) in [5.74, 6) is 0.401. The van der Waals surface area contributed by atoms with Crippen LogP contribution in [-0.2, 0) is 16.1 Å². The molecule has 3 aliphatic heterocycles. The zero-order chi connectivity index (χ0) is 71.4. The average molecular weight is 1620 g/mol. The van der Waals surface area contributed by atoms with Crippen molar-refractivity contribution in [3.8, 4) is 52.5 Å². The molecule has 0 saturated carbocycles. The fourth-order valence-electron chi connectivity index (χ4n) is 10.7. The van der Waals surface area contributed by atoms with Crippen molar-refractivity contribution in [3.63, 3.8) is 0 Å². The molecule has 0 aliphatic carbocycles. The molecule has 36 heteroatoms. The van der Waals surface area contributed by atoms with Crippen molar-refractivity contribution in [3.05, 3.63) is 163 Å². The Morgan fingerprint density at radius 1 is 0.539 bits per heavy atom. The summed E-state index contributed by atoms with van der Waals surface area (Å²) < 4.78 is 44.6. The number of carboxylic acid groups (broad SMARTS) is 1. The van der Waals surface area contributed by atoms with Gasteiger partial charge < -0.3 is 64.7 Å². The van der Waals surface area contributed by atoms with Gasteiger partial charge in [0.25, 0.3) is 11.8 Å². The second kappa shape index (κ2) is 38.6. The van der Waals surface area contributed by atoms with Gasteiger partial charge in [0.2, 0.25) is 29.4 Å². The number of esters is 2. The predicted octanol–water partition coefficient (Wildman–Crippen LogP) is 3.86. The monoisotopic (exact) mass is 1620 g/mol. The summed E-state index contributed by atoms with van der Waals surface area (Å²) in [6.07, 6.45) is 18.3. The Kier molecular flexibility index (Phi) is 30.2. The Morgan fingerprint density at radius 2 is 0.980 bits per heavy atom. The Balaban J connectivity index is 0.000000222. The van der Waals surface area contributed by atoms with Crippen LogP contribution in [-0.4, -0.2) is 220 Å². The van der Waals surface area contributed by atoms with E-state index in [0.717, 1.165) is 35.8 Å². The van der Waals surface area contributed by atoms with Crippen LogP contribution in [0.25, 0.3) is 17.3 Å². The van der Waals surface area contributed by atoms with E-state index in [1.165, 1.54) is 93.2 Å². The number of carboxylic acids is 1. The fraction of sp³-hybridized carbons (Fsp3) is 0.364. The smallest absolute Gasteiger partial charge is 1.00 e. The second-order valence-electron chi connectivity index (χ2n) is 22.5. The minimum atomic E-state index is -1.03. The van der Waals surface area contributed by atoms with Crippen molar-refractivity contribution < 1.29 is 92.4 Å². The van der Waals surface area contributed by atoms with Crippen LogP contribution in [0.15, 0.2) is 123 Å². The number of amides is 2. The number of carbonyl (C=O) groups excluding carboxylic acids is 4. The largest absolute Gasteiger partial charge is 1.00 e. The van der Waals surface area contributed by atoms with Gasteiger partial charge in [-0.15, -0.1) is 9.59 Å². The number of aromatic nitrogens is 14. The van der Waals surface area contributed by atoms with Gasteiger partial charge in [-0.05, 0) is 153 Å². The maximum Gasteiger partial charge on any atom is 1.00 e. The average Bonchev–Trinajstić information content (AvgIpc) is 1.69. The topological polar surface area (TPSA) is 375 Å². The molecule has 1 aromatic carbocycles. The number of nitrogens with one attached hydrogen (secondary N) is 1. The van der Waals surface area contributed by atoms with Crippen molar-refractivity contribution in [2.75, 3.05) is 55.2 Å². The number of carbonyl (C=O) groups is 5. The van der Waals surface area contributed by atoms with Crippen LogP contribution in [0.3, 0.4) is 0 Å². The van der Waals surface area contributed by atoms with Gasteiger partial charge in [0, 0.05) is 82.6 Å². The van der Waals surface area contributed by atoms with Crippen molar-refractivity contribution >= 4 is 83.3 Å². The molecule has 3 saturated heterocycles. The molecular formula is C66H74BI2LiN17O15. The molecule has 2 amide bonds. The minimum Gasteiger partial charge on any atom is -1.00 e. The number of piperidine rings is 3. The first-order valence-corrected chi connectivity index (χ1v) is 33.5. The molecule has 8 aromatic heterocycles. The number of methoxy groups -OCH3 is 5. The van der Waals surface area contributed by atoms with Gasteiger partial charge >= 0.3 is 36.8 Å². The molecule has 531 valence electrons. The molecule has 9 aromatic rings. The van der Waals surface area contributed by atoms with Gasteiger partial charge in [-0.1, -0.05) is 0 Å². The summed E-state index contributed by atoms with van der Waals surface area (Å²) in [5, 5.41) is 46.2. The van der Waals surface area contributed by atoms with Crippen molar-refractivity contribution in [2.24, 2.45) is 0 Å². The van der Waals surface area contributed by atoms with E-state index < -0.39 is 17.9 Å². The number of ether oxygens (including phenoxy) is 8. The Bertz CT molecular complexity index is 4250. The minimum absolute atomic E-state index is 0. The third-order valence-electron chi connectivity index (χ3n) is 16.0. The number of nitrogens with zero attached hydrogens (tertiary/aromatic N) is 16. The molecule has 3 radical (unpaired) electrons. The first-order valence-electron chi connectivity index (χ1n) is 31.3. The number of hydrogen-bond acceptors (Lipinski definition) is 26. The van der Waals surface area contributed by atoms with E-state index in [0.29, 0.717) is 98.6 Å². The number of benzene rings is 1. The third-order valence-corrected chi connectivity index (χ3v) is 17.8. The maximum absolute atomic E-state index is 13.6. The molecule has 0 bridgehead atoms. The van der Waals surface area contributed by atoms with E-state index >= 15 is 0 Å². The molecule has 102 heavy (non-hydrogen) atoms. The quantitative estimate of drug-likeness (QED) is 0.0623. The van der Waals surface area contributed by atoms with E-state index in [9.17, 15) is 29.1 Å². The molecular weight excluding hydrogens is 1540 g/mol. The van der Waals surface area contributed by atoms with Crippen LogP contribution in [0.5, 0.6) is 35.1 Å². The SMILES string of the molecule is COC(=O)c1c(I)ccnc1O[C@@H]1CC[C@@H](C)N(C(=O)c2ccc(OC)nc2-n2nccn2)C1.COC(=O)c1c(I)ccnc1O[C@@H]1CC[C@@H](C)NC1.COc1ccc(C(=O)N2C[C@H](Oc3ncccc3CO)CC[C@H]2C)c(-n2nccn2)n1.COc1ccc(C(=O)O)c(-n2nccn2)c1.[B].[H-].[Li+]. The Hall–Kier alpha value is -9.42. The fourth-order valence-corrected chi connectivity index (χ4v) is 11.9. The molecule has 6 atom stereocenters. The van der Waals surface area contributed by atoms with E-state index in [1.54, 1.807) is 89.1 Å². The standard InChI is InChI=1S/C22H23IN6O5.C21H24N6O4.C13H17IN2O3.C10H9N3O3.B.Li.H/c1-13-4-5-14(34-20-18(22(31)33-3)16(23)8-9-24-20)12-28(13)21(30)15-6-7-17(32-2)27-19(15)29-25-10-11-26-29;1-14-5-6-16(31-20-15(13-28)4-3-9-22-20)12-26(14)21(29)17-7-8-18(30-2)25-19(17)27-23-10-11-24-27;1-8-3-4-9(7-16-8)19-12-11(13(17)18-2)10(14)5-6-15-12;1-16-7-2-3-8(10(14)15)9(6-7)13-11-4-5-12-13;;;/h6-11,13-14H,4-5,12H2,1-3H3;3-4,7-11,14,16,28H,5-6,12-13H2,1-2H3;5-6,8-9,16H,3-4,7H2,1-2H3;2-6H,1H3,(H,14,15);;;/q;;;;;+1;-1/t13-,14-;14-,16-;8-,9-;;;;/m111..../s1. The van der Waals surface area contributed by atoms with Crippen LogP contribution in [0.1, 0.15) is 118 Å². The van der Waals surface area contributed by atoms with Gasteiger partial charge in [0.05, 0.1) is 109 Å². The second-order valence-corrected chi connectivity index (χ2v) is 24.8. The number of aromatic carboxylic acids is 1. The predicted molar refractivity (Wildman–Crippen MR) is 379 cm³/mol. The van der Waals surface area contributed by atoms with Crippen LogP contribution < -0.4 is 52.6 Å². The number of halogens is 2. The molecule has 3 aliphatic rings. The number of likely N-dealkylation sites (tertiary alicyclic amines) is 2. The number of aliphatic hydroxyl groups is 1. The summed E-state index contributed by atoms with van der Waals surface area (Å²) >= 11 is 4.13. The van der Waals surface area contributed by atoms with Crippen LogP contribution in [0.2, 0.25) is 0 Å². The zero-order valence-electron chi connectivity index (χ0n) is 58.3. The van der Waals surface area contributed by atoms with E-state index in [-0.39, 0.29) is 100 Å². The molecule has 3 fully saturated rings. The third kappa shape index (κ3) is 20.2. The Morgan fingerprint density at radius 3 is 1.41 bits per heavy atom. The molecule has 3 N–H and O–H groups in total. The maximum atomic E-state index is 13.6. The zero-order valence-corrected chi connectivity index (χ0v) is 61.6. The summed E-state index contributed by atoms with van der Waals surface area (Å²) in [5.41, 5.74) is 2.50. The van der Waals surface area contributed by atoms with Crippen molar-refractivity contribution in [1.29, 1.82) is 0 Å². The van der Waals surface area contributed by atoms with Gasteiger partial charge in [-0.2, -0.15) is 45.4 Å². The first-order chi connectivity index (χ1) is 48.4. The van der Waals surface area contributed by atoms with Gasteiger partial charge in [0.15, 0.2) is 11.6 Å². The number of aliphatic hydroxyl groups excluding tert-OH is 1. The molecule has 0 unspecified atom stereocenters. The molecule has 0 spiro atoms. The van der Waals surface area contributed by atoms with Gasteiger partial charge in [-0.3, -0.25) is 9.59 Å². The summed E-state index contributed by atoms with van der Waals surface area (Å²) in [6, 6.07) is 18.7. The summed E-state index contributed by atoms with van der Waals surface area (Å²) in [6.45, 7) is 7.46. The number of rotatable bonds is 18. The normalized spacial score (nSPS) is 17.4. The van der Waals surface area contributed by atoms with E-state index in [2.05, 4.69) is 90.3 Å². The van der Waals surface area contributed by atoms with E-state index in [1.807, 2.05) is 36.4 Å². The van der Waals surface area contributed by atoms with E-state index in [4.69, 9.17) is 43.0 Å². The molecule has 32 nitrogen and oxygen atoms in total. The molecule has 12 rings (SSSR count). The van der Waals surface area contributed by atoms with Crippen LogP contribution >= 0.6 is 45.2 Å². The van der Waals surface area contributed by atoms with Gasteiger partial charge in [-0.25, -0.2) is 29.3 Å². The van der Waals surface area contributed by atoms with Crippen LogP contribution in [0, 0.1) is 7.14 Å². The molecule has 11 heterocycles. The summed E-state index contributed by atoms with van der Waals surface area (Å²) in [7, 11) is 7.19. The van der Waals surface area contributed by atoms with Crippen molar-refractivity contribution in [1.82, 2.24) is 85.0 Å². The van der Waals surface area contributed by atoms with Gasteiger partial charge in [0.1, 0.15) is 40.9 Å². The number of pyridine rings is 5. The number of hydrogen-bond donors (Lipinski definition) is 3. The summed E-state index contributed by atoms with van der Waals surface area (Å²) in [4.78, 5) is 90.9. The first kappa shape index (κ1) is 79.9.